The maximum Gasteiger partial charge on any atom is 0.0815 e. The highest BCUT2D eigenvalue weighted by Crippen LogP contribution is 2.23. The second-order valence-electron chi connectivity index (χ2n) is 2.64. The Bertz CT molecular complexity index is 263. The van der Waals surface area contributed by atoms with Crippen LogP contribution in [0.2, 0.25) is 0 Å². The van der Waals surface area contributed by atoms with E-state index in [0.29, 0.717) is 10.8 Å². The monoisotopic (exact) mass is 169 g/mol. The molecule has 0 aromatic carbocycles. The van der Waals surface area contributed by atoms with Crippen LogP contribution >= 0.6 is 11.3 Å². The Kier molecular flexibility index (Phi) is 2.29. The van der Waals surface area contributed by atoms with Crippen molar-refractivity contribution in [3.05, 3.63) is 21.9 Å². The second kappa shape index (κ2) is 3.05. The first-order valence-corrected chi connectivity index (χ1v) is 4.24. The van der Waals surface area contributed by atoms with Gasteiger partial charge in [-0.05, 0) is 18.1 Å². The van der Waals surface area contributed by atoms with Crippen molar-refractivity contribution in [3.8, 4) is 0 Å². The van der Waals surface area contributed by atoms with Gasteiger partial charge in [0.2, 0.25) is 0 Å². The lowest BCUT2D eigenvalue weighted by Crippen LogP contribution is -2.20. The van der Waals surface area contributed by atoms with Crippen LogP contribution in [0.3, 0.4) is 0 Å². The van der Waals surface area contributed by atoms with E-state index in [9.17, 15) is 9.90 Å². The molecule has 0 radical (unpaired) electrons. The van der Waals surface area contributed by atoms with Gasteiger partial charge >= 0.3 is 0 Å². The van der Waals surface area contributed by atoms with Gasteiger partial charge in [0.15, 0.2) is 0 Å². The lowest BCUT2D eigenvalue weighted by atomic mass is 10.2. The van der Waals surface area contributed by atoms with E-state index in [4.69, 9.17) is 0 Å². The molecule has 0 saturated heterocycles. The number of carbonyl (C=O) groups is 1. The molecule has 0 spiro atoms. The van der Waals surface area contributed by atoms with Crippen LogP contribution in [0, 0.1) is 0 Å². The number of carbonyl (C=O) groups excluding carboxylic acids is 1. The van der Waals surface area contributed by atoms with Gasteiger partial charge in [-0.25, -0.2) is 0 Å². The van der Waals surface area contributed by atoms with Crippen LogP contribution in [-0.4, -0.2) is 5.97 Å². The summed E-state index contributed by atoms with van der Waals surface area (Å²) >= 11 is 1.29. The summed E-state index contributed by atoms with van der Waals surface area (Å²) in [5, 5.41) is 10.3. The number of carboxylic acids is 1. The molecule has 0 fully saturated rings. The Labute approximate surface area is 69.5 Å². The fourth-order valence-corrected chi connectivity index (χ4v) is 1.62. The Morgan fingerprint density at radius 1 is 1.55 bits per heavy atom. The molecule has 0 bridgehead atoms. The van der Waals surface area contributed by atoms with Crippen LogP contribution in [0.5, 0.6) is 0 Å². The highest BCUT2D eigenvalue weighted by atomic mass is 32.1. The number of rotatable bonds is 2. The molecule has 0 atom stereocenters. The summed E-state index contributed by atoms with van der Waals surface area (Å²) in [7, 11) is 0. The number of hydrogen-bond donors (Lipinski definition) is 0. The lowest BCUT2D eigenvalue weighted by molar-refractivity contribution is -0.254. The zero-order valence-electron chi connectivity index (χ0n) is 6.46. The highest BCUT2D eigenvalue weighted by Gasteiger charge is 2.03. The molecule has 0 aliphatic carbocycles. The Balaban J connectivity index is 2.90. The first-order valence-electron chi connectivity index (χ1n) is 3.42. The average Bonchev–Trinajstić information content (AvgIpc) is 2.33. The van der Waals surface area contributed by atoms with Gasteiger partial charge in [-0.15, -0.1) is 11.3 Å². The minimum absolute atomic E-state index is 0.314. The van der Waals surface area contributed by atoms with Crippen molar-refractivity contribution in [2.45, 2.75) is 19.8 Å². The van der Waals surface area contributed by atoms with Gasteiger partial charge in [0.1, 0.15) is 0 Å². The fourth-order valence-electron chi connectivity index (χ4n) is 0.773. The summed E-state index contributed by atoms with van der Waals surface area (Å²) in [6, 6.07) is 3.43. The quantitative estimate of drug-likeness (QED) is 0.668. The van der Waals surface area contributed by atoms with Crippen LogP contribution in [0.15, 0.2) is 12.1 Å². The molecule has 1 aromatic heterocycles. The van der Waals surface area contributed by atoms with Crippen LogP contribution in [-0.2, 0) is 0 Å². The number of thiophene rings is 1. The van der Waals surface area contributed by atoms with Crippen molar-refractivity contribution in [3.63, 3.8) is 0 Å². The summed E-state index contributed by atoms with van der Waals surface area (Å²) < 4.78 is 0. The Hall–Kier alpha value is -0.830. The molecule has 1 heterocycles. The Morgan fingerprint density at radius 3 is 2.45 bits per heavy atom. The van der Waals surface area contributed by atoms with Crippen LogP contribution < -0.4 is 5.11 Å². The Morgan fingerprint density at radius 2 is 2.18 bits per heavy atom. The SMILES string of the molecule is CC(C)c1ccc(C(=O)[O-])s1. The minimum Gasteiger partial charge on any atom is -0.544 e. The van der Waals surface area contributed by atoms with E-state index in [1.807, 2.05) is 19.9 Å². The van der Waals surface area contributed by atoms with Gasteiger partial charge in [-0.3, -0.25) is 0 Å². The van der Waals surface area contributed by atoms with E-state index in [2.05, 4.69) is 0 Å². The molecule has 0 saturated carbocycles. The lowest BCUT2D eigenvalue weighted by Gasteiger charge is -1.98. The van der Waals surface area contributed by atoms with E-state index in [-0.39, 0.29) is 0 Å². The fraction of sp³-hybridized carbons (Fsp3) is 0.375. The normalized spacial score (nSPS) is 10.5. The van der Waals surface area contributed by atoms with Crippen molar-refractivity contribution in [1.29, 1.82) is 0 Å². The van der Waals surface area contributed by atoms with Gasteiger partial charge < -0.3 is 9.90 Å². The first kappa shape index (κ1) is 8.27. The number of hydrogen-bond acceptors (Lipinski definition) is 3. The maximum atomic E-state index is 10.3. The topological polar surface area (TPSA) is 40.1 Å². The predicted octanol–water partition coefficient (Wildman–Crippen LogP) is 1.24. The number of aromatic carboxylic acids is 1. The standard InChI is InChI=1S/C8H10O2S/c1-5(2)6-3-4-7(11-6)8(9)10/h3-5H,1-2H3,(H,9,10)/p-1. The van der Waals surface area contributed by atoms with E-state index < -0.39 is 5.97 Å². The second-order valence-corrected chi connectivity index (χ2v) is 3.76. The minimum atomic E-state index is -1.08. The van der Waals surface area contributed by atoms with E-state index in [1.54, 1.807) is 6.07 Å². The molecule has 2 nitrogen and oxygen atoms in total. The molecule has 60 valence electrons. The molecular weight excluding hydrogens is 160 g/mol. The molecule has 1 aromatic rings. The summed E-state index contributed by atoms with van der Waals surface area (Å²) in [5.41, 5.74) is 0. The van der Waals surface area contributed by atoms with E-state index >= 15 is 0 Å². The average molecular weight is 169 g/mol. The van der Waals surface area contributed by atoms with Crippen molar-refractivity contribution < 1.29 is 9.90 Å². The summed E-state index contributed by atoms with van der Waals surface area (Å²) in [5.74, 6) is -0.685. The molecule has 0 aliphatic rings. The molecule has 3 heteroatoms. The zero-order valence-corrected chi connectivity index (χ0v) is 7.27. The van der Waals surface area contributed by atoms with Crippen molar-refractivity contribution in [2.24, 2.45) is 0 Å². The van der Waals surface area contributed by atoms with Crippen LogP contribution in [0.25, 0.3) is 0 Å². The van der Waals surface area contributed by atoms with Crippen molar-refractivity contribution in [1.82, 2.24) is 0 Å². The van der Waals surface area contributed by atoms with Gasteiger partial charge in [0, 0.05) is 4.88 Å². The van der Waals surface area contributed by atoms with Crippen LogP contribution in [0.1, 0.15) is 34.3 Å². The summed E-state index contributed by atoms with van der Waals surface area (Å²) in [6.07, 6.45) is 0. The molecule has 1 rings (SSSR count). The third-order valence-corrected chi connectivity index (χ3v) is 2.76. The molecular formula is C8H9O2S-. The molecule has 0 unspecified atom stereocenters. The van der Waals surface area contributed by atoms with E-state index in [0.717, 1.165) is 4.88 Å². The van der Waals surface area contributed by atoms with Crippen molar-refractivity contribution >= 4 is 17.3 Å². The predicted molar refractivity (Wildman–Crippen MR) is 42.7 cm³/mol. The zero-order chi connectivity index (χ0) is 8.43. The van der Waals surface area contributed by atoms with Gasteiger partial charge in [-0.2, -0.15) is 0 Å². The van der Waals surface area contributed by atoms with E-state index in [1.165, 1.54) is 11.3 Å². The van der Waals surface area contributed by atoms with Gasteiger partial charge in [0.05, 0.1) is 10.8 Å². The van der Waals surface area contributed by atoms with Gasteiger partial charge in [-0.1, -0.05) is 13.8 Å². The number of carboxylic acid groups (broad SMARTS) is 1. The van der Waals surface area contributed by atoms with Crippen LogP contribution in [0.4, 0.5) is 0 Å². The molecule has 0 N–H and O–H groups in total. The van der Waals surface area contributed by atoms with Crippen molar-refractivity contribution in [2.75, 3.05) is 0 Å². The highest BCUT2D eigenvalue weighted by molar-refractivity contribution is 7.13. The third-order valence-electron chi connectivity index (χ3n) is 1.40. The van der Waals surface area contributed by atoms with Gasteiger partial charge in [0.25, 0.3) is 0 Å². The summed E-state index contributed by atoms with van der Waals surface area (Å²) in [6.45, 7) is 4.07. The maximum absolute atomic E-state index is 10.3. The first-order chi connectivity index (χ1) is 5.11. The molecule has 0 amide bonds. The molecule has 0 aliphatic heterocycles. The third kappa shape index (κ3) is 1.80. The largest absolute Gasteiger partial charge is 0.544 e. The molecule has 11 heavy (non-hydrogen) atoms. The summed E-state index contributed by atoms with van der Waals surface area (Å²) in [4.78, 5) is 11.7. The smallest absolute Gasteiger partial charge is 0.0815 e.